The SMILES string of the molecule is Cc1ccccc1NC(=O)c1cc(N(C)Cc2ccccc2)ncn1. The van der Waals surface area contributed by atoms with Gasteiger partial charge in [0.1, 0.15) is 17.8 Å². The Morgan fingerprint density at radius 3 is 2.52 bits per heavy atom. The molecule has 3 rings (SSSR count). The van der Waals surface area contributed by atoms with Crippen LogP contribution in [0.3, 0.4) is 0 Å². The third kappa shape index (κ3) is 4.20. The number of aryl methyl sites for hydroxylation is 1. The van der Waals surface area contributed by atoms with Crippen LogP contribution in [0.2, 0.25) is 0 Å². The number of amides is 1. The smallest absolute Gasteiger partial charge is 0.274 e. The number of benzene rings is 2. The first-order chi connectivity index (χ1) is 12.1. The van der Waals surface area contributed by atoms with E-state index in [2.05, 4.69) is 27.4 Å². The summed E-state index contributed by atoms with van der Waals surface area (Å²) in [5.41, 5.74) is 3.30. The van der Waals surface area contributed by atoms with Gasteiger partial charge in [-0.3, -0.25) is 4.79 Å². The van der Waals surface area contributed by atoms with Gasteiger partial charge in [0.05, 0.1) is 0 Å². The molecular weight excluding hydrogens is 312 g/mol. The molecule has 0 saturated carbocycles. The second-order valence-corrected chi connectivity index (χ2v) is 5.87. The average Bonchev–Trinajstić information content (AvgIpc) is 2.64. The Labute approximate surface area is 147 Å². The molecule has 2 aromatic carbocycles. The third-order valence-corrected chi connectivity index (χ3v) is 3.93. The summed E-state index contributed by atoms with van der Waals surface area (Å²) in [7, 11) is 1.94. The van der Waals surface area contributed by atoms with Crippen molar-refractivity contribution < 1.29 is 4.79 Å². The van der Waals surface area contributed by atoms with E-state index in [1.54, 1.807) is 6.07 Å². The maximum absolute atomic E-state index is 12.5. The fraction of sp³-hybridized carbons (Fsp3) is 0.150. The molecule has 0 spiro atoms. The lowest BCUT2D eigenvalue weighted by Crippen LogP contribution is -2.20. The van der Waals surface area contributed by atoms with Gasteiger partial charge in [0.25, 0.3) is 5.91 Å². The van der Waals surface area contributed by atoms with Crippen LogP contribution in [0, 0.1) is 6.92 Å². The van der Waals surface area contributed by atoms with Crippen molar-refractivity contribution in [2.45, 2.75) is 13.5 Å². The van der Waals surface area contributed by atoms with Gasteiger partial charge in [0, 0.05) is 25.3 Å². The predicted molar refractivity (Wildman–Crippen MR) is 99.7 cm³/mol. The summed E-state index contributed by atoms with van der Waals surface area (Å²) in [6.07, 6.45) is 1.42. The van der Waals surface area contributed by atoms with Crippen molar-refractivity contribution in [2.24, 2.45) is 0 Å². The first-order valence-electron chi connectivity index (χ1n) is 8.07. The minimum Gasteiger partial charge on any atom is -0.355 e. The standard InChI is InChI=1S/C20H20N4O/c1-15-8-6-7-11-17(15)23-20(25)18-12-19(22-14-21-18)24(2)13-16-9-4-3-5-10-16/h3-12,14H,13H2,1-2H3,(H,23,25). The zero-order valence-corrected chi connectivity index (χ0v) is 14.3. The normalized spacial score (nSPS) is 10.3. The molecule has 5 heteroatoms. The van der Waals surface area contributed by atoms with E-state index < -0.39 is 0 Å². The molecule has 0 saturated heterocycles. The zero-order valence-electron chi connectivity index (χ0n) is 14.3. The van der Waals surface area contributed by atoms with Gasteiger partial charge in [-0.05, 0) is 24.1 Å². The van der Waals surface area contributed by atoms with Crippen LogP contribution in [-0.4, -0.2) is 22.9 Å². The van der Waals surface area contributed by atoms with Crippen LogP contribution < -0.4 is 10.2 Å². The fourth-order valence-electron chi connectivity index (χ4n) is 2.52. The predicted octanol–water partition coefficient (Wildman–Crippen LogP) is 3.67. The number of para-hydroxylation sites is 1. The van der Waals surface area contributed by atoms with E-state index >= 15 is 0 Å². The molecule has 1 aromatic heterocycles. The number of carbonyl (C=O) groups is 1. The van der Waals surface area contributed by atoms with Crippen LogP contribution in [0.25, 0.3) is 0 Å². The van der Waals surface area contributed by atoms with Crippen molar-refractivity contribution in [1.82, 2.24) is 9.97 Å². The first-order valence-corrected chi connectivity index (χ1v) is 8.07. The molecule has 0 aliphatic carbocycles. The summed E-state index contributed by atoms with van der Waals surface area (Å²) in [6.45, 7) is 2.66. The zero-order chi connectivity index (χ0) is 17.6. The molecule has 25 heavy (non-hydrogen) atoms. The van der Waals surface area contributed by atoms with E-state index in [1.807, 2.05) is 61.3 Å². The highest BCUT2D eigenvalue weighted by atomic mass is 16.1. The first kappa shape index (κ1) is 16.6. The number of hydrogen-bond acceptors (Lipinski definition) is 4. The Morgan fingerprint density at radius 1 is 1.04 bits per heavy atom. The van der Waals surface area contributed by atoms with Gasteiger partial charge < -0.3 is 10.2 Å². The number of rotatable bonds is 5. The molecule has 0 aliphatic heterocycles. The number of nitrogens with zero attached hydrogens (tertiary/aromatic N) is 3. The molecule has 1 amide bonds. The van der Waals surface area contributed by atoms with E-state index in [0.29, 0.717) is 18.1 Å². The van der Waals surface area contributed by atoms with E-state index in [4.69, 9.17) is 0 Å². The molecule has 0 aliphatic rings. The summed E-state index contributed by atoms with van der Waals surface area (Å²) in [4.78, 5) is 22.8. The van der Waals surface area contributed by atoms with Crippen LogP contribution in [0.4, 0.5) is 11.5 Å². The monoisotopic (exact) mass is 332 g/mol. The van der Waals surface area contributed by atoms with E-state index in [9.17, 15) is 4.79 Å². The minimum atomic E-state index is -0.244. The van der Waals surface area contributed by atoms with Crippen molar-refractivity contribution in [2.75, 3.05) is 17.3 Å². The largest absolute Gasteiger partial charge is 0.355 e. The lowest BCUT2D eigenvalue weighted by molar-refractivity contribution is 0.102. The quantitative estimate of drug-likeness (QED) is 0.774. The maximum atomic E-state index is 12.5. The minimum absolute atomic E-state index is 0.244. The Morgan fingerprint density at radius 2 is 1.76 bits per heavy atom. The van der Waals surface area contributed by atoms with Gasteiger partial charge >= 0.3 is 0 Å². The highest BCUT2D eigenvalue weighted by Gasteiger charge is 2.12. The number of nitrogens with one attached hydrogen (secondary N) is 1. The molecule has 1 heterocycles. The Balaban J connectivity index is 1.74. The molecule has 5 nitrogen and oxygen atoms in total. The lowest BCUT2D eigenvalue weighted by Gasteiger charge is -2.18. The number of carbonyl (C=O) groups excluding carboxylic acids is 1. The Hall–Kier alpha value is -3.21. The summed E-state index contributed by atoms with van der Waals surface area (Å²) in [5, 5.41) is 2.89. The van der Waals surface area contributed by atoms with Crippen molar-refractivity contribution in [1.29, 1.82) is 0 Å². The van der Waals surface area contributed by atoms with Crippen LogP contribution >= 0.6 is 0 Å². The van der Waals surface area contributed by atoms with Crippen LogP contribution in [0.15, 0.2) is 67.0 Å². The number of aromatic nitrogens is 2. The average molecular weight is 332 g/mol. The molecule has 0 fully saturated rings. The summed E-state index contributed by atoms with van der Waals surface area (Å²) in [5.74, 6) is 0.458. The molecule has 0 bridgehead atoms. The highest BCUT2D eigenvalue weighted by molar-refractivity contribution is 6.03. The molecule has 3 aromatic rings. The second-order valence-electron chi connectivity index (χ2n) is 5.87. The Bertz CT molecular complexity index is 864. The number of hydrogen-bond donors (Lipinski definition) is 1. The van der Waals surface area contributed by atoms with E-state index in [-0.39, 0.29) is 5.91 Å². The summed E-state index contributed by atoms with van der Waals surface area (Å²) in [6, 6.07) is 19.5. The maximum Gasteiger partial charge on any atom is 0.274 e. The molecule has 0 radical (unpaired) electrons. The van der Waals surface area contributed by atoms with E-state index in [0.717, 1.165) is 11.3 Å². The van der Waals surface area contributed by atoms with Gasteiger partial charge in [-0.2, -0.15) is 0 Å². The van der Waals surface area contributed by atoms with E-state index in [1.165, 1.54) is 11.9 Å². The van der Waals surface area contributed by atoms with Crippen LogP contribution in [0.1, 0.15) is 21.6 Å². The topological polar surface area (TPSA) is 58.1 Å². The van der Waals surface area contributed by atoms with Crippen molar-refractivity contribution in [3.63, 3.8) is 0 Å². The second kappa shape index (κ2) is 7.57. The lowest BCUT2D eigenvalue weighted by atomic mass is 10.2. The van der Waals surface area contributed by atoms with Gasteiger partial charge in [0.2, 0.25) is 0 Å². The Kier molecular flexibility index (Phi) is 5.04. The van der Waals surface area contributed by atoms with Crippen LogP contribution in [-0.2, 0) is 6.54 Å². The fourth-order valence-corrected chi connectivity index (χ4v) is 2.52. The molecule has 126 valence electrons. The van der Waals surface area contributed by atoms with Gasteiger partial charge in [-0.25, -0.2) is 9.97 Å². The van der Waals surface area contributed by atoms with Crippen molar-refractivity contribution in [3.8, 4) is 0 Å². The summed E-state index contributed by atoms with van der Waals surface area (Å²) < 4.78 is 0. The van der Waals surface area contributed by atoms with Crippen molar-refractivity contribution >= 4 is 17.4 Å². The molecule has 0 unspecified atom stereocenters. The number of anilines is 2. The molecular formula is C20H20N4O. The van der Waals surface area contributed by atoms with Gasteiger partial charge in [-0.1, -0.05) is 48.5 Å². The molecule has 1 N–H and O–H groups in total. The highest BCUT2D eigenvalue weighted by Crippen LogP contribution is 2.16. The molecule has 0 atom stereocenters. The van der Waals surface area contributed by atoms with Crippen LogP contribution in [0.5, 0.6) is 0 Å². The van der Waals surface area contributed by atoms with Crippen molar-refractivity contribution in [3.05, 3.63) is 83.8 Å². The van der Waals surface area contributed by atoms with Gasteiger partial charge in [-0.15, -0.1) is 0 Å². The third-order valence-electron chi connectivity index (χ3n) is 3.93. The summed E-state index contributed by atoms with van der Waals surface area (Å²) >= 11 is 0. The van der Waals surface area contributed by atoms with Gasteiger partial charge in [0.15, 0.2) is 0 Å².